The van der Waals surface area contributed by atoms with Gasteiger partial charge in [0, 0.05) is 5.75 Å². The molecule has 0 bridgehead atoms. The van der Waals surface area contributed by atoms with E-state index in [9.17, 15) is 20.4 Å². The molecule has 0 fully saturated rings. The summed E-state index contributed by atoms with van der Waals surface area (Å²) in [6.07, 6.45) is -5.51. The molecular formula is C14H20N2O5S2. The van der Waals surface area contributed by atoms with E-state index in [0.29, 0.717) is 10.1 Å². The smallest absolute Gasteiger partial charge is 0.154 e. The lowest BCUT2D eigenvalue weighted by atomic mass is 10.0. The van der Waals surface area contributed by atoms with Crippen molar-refractivity contribution >= 4 is 34.5 Å². The van der Waals surface area contributed by atoms with Crippen molar-refractivity contribution in [2.45, 2.75) is 30.2 Å². The van der Waals surface area contributed by atoms with Crippen molar-refractivity contribution in [2.75, 3.05) is 6.61 Å². The van der Waals surface area contributed by atoms with Gasteiger partial charge >= 0.3 is 0 Å². The van der Waals surface area contributed by atoms with Crippen molar-refractivity contribution in [2.24, 2.45) is 5.10 Å². The highest BCUT2D eigenvalue weighted by Gasteiger charge is 2.29. The van der Waals surface area contributed by atoms with E-state index in [2.05, 4.69) is 10.5 Å². The van der Waals surface area contributed by atoms with Gasteiger partial charge in [-0.25, -0.2) is 0 Å². The second-order valence-electron chi connectivity index (χ2n) is 4.67. The normalized spacial score (nSPS) is 16.7. The van der Waals surface area contributed by atoms with Gasteiger partial charge in [-0.15, -0.1) is 0 Å². The molecule has 0 spiro atoms. The monoisotopic (exact) mass is 360 g/mol. The number of rotatable bonds is 8. The third-order valence-corrected chi connectivity index (χ3v) is 4.15. The van der Waals surface area contributed by atoms with Crippen LogP contribution < -0.4 is 5.43 Å². The maximum absolute atomic E-state index is 9.61. The van der Waals surface area contributed by atoms with Crippen LogP contribution in [0, 0.1) is 0 Å². The Morgan fingerprint density at radius 2 is 1.83 bits per heavy atom. The zero-order chi connectivity index (χ0) is 17.2. The van der Waals surface area contributed by atoms with Gasteiger partial charge in [-0.2, -0.15) is 5.10 Å². The van der Waals surface area contributed by atoms with Crippen LogP contribution in [-0.2, 0) is 5.75 Å². The molecule has 0 aromatic heterocycles. The van der Waals surface area contributed by atoms with Crippen molar-refractivity contribution in [3.05, 3.63) is 35.9 Å². The minimum Gasteiger partial charge on any atom is -0.394 e. The first-order valence-corrected chi connectivity index (χ1v) is 8.18. The Balaban J connectivity index is 2.35. The van der Waals surface area contributed by atoms with Crippen molar-refractivity contribution < 1.29 is 25.5 Å². The molecule has 0 saturated carbocycles. The number of thiocarbonyl (C=S) groups is 1. The molecule has 0 saturated heterocycles. The number of nitrogens with one attached hydrogen (secondary N) is 1. The largest absolute Gasteiger partial charge is 0.394 e. The first-order valence-electron chi connectivity index (χ1n) is 6.78. The molecule has 9 heteroatoms. The summed E-state index contributed by atoms with van der Waals surface area (Å²) in [5.41, 5.74) is 3.62. The summed E-state index contributed by atoms with van der Waals surface area (Å²) in [6.45, 7) is -0.736. The molecule has 0 unspecified atom stereocenters. The molecule has 1 aromatic carbocycles. The fourth-order valence-electron chi connectivity index (χ4n) is 1.55. The van der Waals surface area contributed by atoms with Crippen LogP contribution in [0.1, 0.15) is 5.56 Å². The highest BCUT2D eigenvalue weighted by Crippen LogP contribution is 2.12. The predicted octanol–water partition coefficient (Wildman–Crippen LogP) is -0.784. The van der Waals surface area contributed by atoms with Gasteiger partial charge in [0.15, 0.2) is 4.32 Å². The average Bonchev–Trinajstić information content (AvgIpc) is 2.58. The molecule has 0 amide bonds. The summed E-state index contributed by atoms with van der Waals surface area (Å²) < 4.78 is 0.378. The maximum Gasteiger partial charge on any atom is 0.154 e. The molecule has 1 aromatic rings. The Kier molecular flexibility index (Phi) is 9.26. The van der Waals surface area contributed by atoms with Gasteiger partial charge in [0.05, 0.1) is 12.8 Å². The van der Waals surface area contributed by atoms with Gasteiger partial charge < -0.3 is 25.5 Å². The highest BCUT2D eigenvalue weighted by molar-refractivity contribution is 8.22. The molecule has 23 heavy (non-hydrogen) atoms. The van der Waals surface area contributed by atoms with Gasteiger partial charge in [-0.1, -0.05) is 54.3 Å². The van der Waals surface area contributed by atoms with E-state index >= 15 is 0 Å². The van der Waals surface area contributed by atoms with Gasteiger partial charge in [0.1, 0.15) is 24.4 Å². The topological polar surface area (TPSA) is 126 Å². The number of aliphatic hydroxyl groups excluding tert-OH is 5. The lowest BCUT2D eigenvalue weighted by Gasteiger charge is -2.23. The molecule has 6 N–H and O–H groups in total. The fraction of sp³-hybridized carbons (Fsp3) is 0.429. The fourth-order valence-corrected chi connectivity index (χ4v) is 2.38. The summed E-state index contributed by atoms with van der Waals surface area (Å²) in [7, 11) is 0. The highest BCUT2D eigenvalue weighted by atomic mass is 32.2. The van der Waals surface area contributed by atoms with Gasteiger partial charge in [0.2, 0.25) is 0 Å². The molecule has 0 aliphatic carbocycles. The molecule has 0 radical (unpaired) electrons. The van der Waals surface area contributed by atoms with Crippen LogP contribution in [-0.4, -0.2) is 67.1 Å². The SMILES string of the molecule is OC[C@@H](O)[C@H](O)[C@H](O)[C@@H](O)/C=N/NC(=S)SCc1ccccc1. The standard InChI is InChI=1S/C14H20N2O5S2/c17-7-11(19)13(21)12(20)10(18)6-15-16-14(22)23-8-9-4-2-1-3-5-9/h1-6,10-13,17-21H,7-8H2,(H,16,22)/b15-6+/t10-,11+,12+,13-/m0/s1. The number of thioether (sulfide) groups is 1. The Morgan fingerprint density at radius 1 is 1.17 bits per heavy atom. The van der Waals surface area contributed by atoms with Crippen LogP contribution in [0.4, 0.5) is 0 Å². The summed E-state index contributed by atoms with van der Waals surface area (Å²) in [4.78, 5) is 0. The van der Waals surface area contributed by atoms with Crippen molar-refractivity contribution in [3.8, 4) is 0 Å². The van der Waals surface area contributed by atoms with Gasteiger partial charge in [-0.05, 0) is 5.56 Å². The summed E-state index contributed by atoms with van der Waals surface area (Å²) >= 11 is 6.40. The molecule has 0 aliphatic heterocycles. The van der Waals surface area contributed by atoms with Crippen molar-refractivity contribution in [3.63, 3.8) is 0 Å². The minimum atomic E-state index is -1.69. The van der Waals surface area contributed by atoms with E-state index in [4.69, 9.17) is 17.3 Å². The molecule has 7 nitrogen and oxygen atoms in total. The first-order chi connectivity index (χ1) is 11.0. The second kappa shape index (κ2) is 10.7. The van der Waals surface area contributed by atoms with E-state index in [0.717, 1.165) is 11.8 Å². The summed E-state index contributed by atoms with van der Waals surface area (Å²) in [5.74, 6) is 0.661. The molecule has 0 heterocycles. The molecule has 4 atom stereocenters. The Bertz CT molecular complexity index is 503. The van der Waals surface area contributed by atoms with Crippen LogP contribution in [0.2, 0.25) is 0 Å². The number of aliphatic hydroxyl groups is 5. The average molecular weight is 360 g/mol. The quantitative estimate of drug-likeness (QED) is 0.203. The molecule has 128 valence electrons. The zero-order valence-electron chi connectivity index (χ0n) is 12.2. The van der Waals surface area contributed by atoms with E-state index in [1.165, 1.54) is 11.8 Å². The summed E-state index contributed by atoms with van der Waals surface area (Å²) in [6, 6.07) is 9.70. The van der Waals surface area contributed by atoms with Crippen molar-refractivity contribution in [1.29, 1.82) is 0 Å². The zero-order valence-corrected chi connectivity index (χ0v) is 13.8. The van der Waals surface area contributed by atoms with E-state index < -0.39 is 31.0 Å². The van der Waals surface area contributed by atoms with Crippen molar-refractivity contribution in [1.82, 2.24) is 5.43 Å². The number of hydrazone groups is 1. The molecule has 0 aliphatic rings. The second-order valence-corrected chi connectivity index (χ2v) is 6.33. The van der Waals surface area contributed by atoms with E-state index in [1.807, 2.05) is 30.3 Å². The Morgan fingerprint density at radius 3 is 2.43 bits per heavy atom. The van der Waals surface area contributed by atoms with Crippen LogP contribution in [0.15, 0.2) is 35.4 Å². The molecular weight excluding hydrogens is 340 g/mol. The third-order valence-electron chi connectivity index (χ3n) is 2.88. The van der Waals surface area contributed by atoms with Crippen LogP contribution in [0.25, 0.3) is 0 Å². The predicted molar refractivity (Wildman–Crippen MR) is 93.1 cm³/mol. The van der Waals surface area contributed by atoms with Crippen LogP contribution in [0.3, 0.4) is 0 Å². The third kappa shape index (κ3) is 7.36. The Labute approximate surface area is 143 Å². The van der Waals surface area contributed by atoms with E-state index in [-0.39, 0.29) is 0 Å². The van der Waals surface area contributed by atoms with Gasteiger partial charge in [0.25, 0.3) is 0 Å². The first kappa shape index (κ1) is 20.0. The molecule has 1 rings (SSSR count). The van der Waals surface area contributed by atoms with Gasteiger partial charge in [-0.3, -0.25) is 5.43 Å². The minimum absolute atomic E-state index is 0.378. The Hall–Kier alpha value is -1.07. The lowest BCUT2D eigenvalue weighted by molar-refractivity contribution is -0.0999. The lowest BCUT2D eigenvalue weighted by Crippen LogP contribution is -2.46. The van der Waals surface area contributed by atoms with Crippen LogP contribution >= 0.6 is 24.0 Å². The van der Waals surface area contributed by atoms with Crippen LogP contribution in [0.5, 0.6) is 0 Å². The van der Waals surface area contributed by atoms with E-state index in [1.54, 1.807) is 0 Å². The number of benzene rings is 1. The number of hydrogen-bond acceptors (Lipinski definition) is 8. The maximum atomic E-state index is 9.61. The number of nitrogens with zero attached hydrogens (tertiary/aromatic N) is 1. The number of hydrogen-bond donors (Lipinski definition) is 6. The summed E-state index contributed by atoms with van der Waals surface area (Å²) in [5, 5.41) is 50.2.